The number of nitrogens with zero attached hydrogens (tertiary/aromatic N) is 3. The quantitative estimate of drug-likeness (QED) is 0.685. The third-order valence-electron chi connectivity index (χ3n) is 4.48. The van der Waals surface area contributed by atoms with Crippen molar-refractivity contribution in [3.05, 3.63) is 30.1 Å². The molecule has 0 atom stereocenters. The maximum absolute atomic E-state index is 12.9. The van der Waals surface area contributed by atoms with Gasteiger partial charge in [0, 0.05) is 51.3 Å². The second-order valence-corrected chi connectivity index (χ2v) is 6.28. The van der Waals surface area contributed by atoms with Gasteiger partial charge < -0.3 is 15.5 Å². The van der Waals surface area contributed by atoms with E-state index in [9.17, 15) is 13.2 Å². The molecule has 4 nitrogen and oxygen atoms in total. The van der Waals surface area contributed by atoms with Crippen molar-refractivity contribution in [2.45, 2.75) is 18.8 Å². The van der Waals surface area contributed by atoms with Crippen LogP contribution in [0, 0.1) is 11.7 Å². The highest BCUT2D eigenvalue weighted by atomic mass is 19.3. The Morgan fingerprint density at radius 1 is 1.13 bits per heavy atom. The van der Waals surface area contributed by atoms with Crippen LogP contribution in [0.5, 0.6) is 0 Å². The molecule has 1 aliphatic carbocycles. The number of rotatable bonds is 3. The lowest BCUT2D eigenvalue weighted by Crippen LogP contribution is -2.51. The number of nitrogens with two attached hydrogens (primary N) is 1. The van der Waals surface area contributed by atoms with Crippen molar-refractivity contribution in [1.29, 1.82) is 0 Å². The van der Waals surface area contributed by atoms with Crippen LogP contribution in [0.4, 0.5) is 18.9 Å². The summed E-state index contributed by atoms with van der Waals surface area (Å²) in [6, 6.07) is 6.43. The van der Waals surface area contributed by atoms with Gasteiger partial charge in [0.1, 0.15) is 5.82 Å². The van der Waals surface area contributed by atoms with Gasteiger partial charge in [-0.3, -0.25) is 4.99 Å². The fourth-order valence-corrected chi connectivity index (χ4v) is 3.08. The van der Waals surface area contributed by atoms with Gasteiger partial charge in [-0.1, -0.05) is 0 Å². The summed E-state index contributed by atoms with van der Waals surface area (Å²) in [5, 5.41) is 0. The topological polar surface area (TPSA) is 44.9 Å². The van der Waals surface area contributed by atoms with Gasteiger partial charge in [0.25, 0.3) is 0 Å². The Hall–Kier alpha value is -1.92. The van der Waals surface area contributed by atoms with E-state index in [0.717, 1.165) is 18.8 Å². The lowest BCUT2D eigenvalue weighted by atomic mass is 9.81. The molecule has 0 bridgehead atoms. The Morgan fingerprint density at radius 3 is 2.30 bits per heavy atom. The summed E-state index contributed by atoms with van der Waals surface area (Å²) in [5.74, 6) is -2.37. The molecule has 1 aromatic rings. The second kappa shape index (κ2) is 6.29. The monoisotopic (exact) mass is 326 g/mol. The molecule has 2 aliphatic rings. The van der Waals surface area contributed by atoms with Gasteiger partial charge in [0.15, 0.2) is 5.96 Å². The number of piperazine rings is 1. The molecule has 126 valence electrons. The standard InChI is InChI=1S/C16H21F3N4/c17-13-1-3-14(4-2-13)22-5-7-23(8-6-22)15(20)21-11-12-9-16(18,19)10-12/h1-4,12H,5-11H2,(H2,20,21). The smallest absolute Gasteiger partial charge is 0.248 e. The Labute approximate surface area is 133 Å². The van der Waals surface area contributed by atoms with Gasteiger partial charge in [0.2, 0.25) is 5.92 Å². The Balaban J connectivity index is 1.47. The summed E-state index contributed by atoms with van der Waals surface area (Å²) in [6.07, 6.45) is -0.162. The van der Waals surface area contributed by atoms with Crippen molar-refractivity contribution in [3.63, 3.8) is 0 Å². The lowest BCUT2D eigenvalue weighted by molar-refractivity contribution is -0.107. The maximum atomic E-state index is 12.9. The van der Waals surface area contributed by atoms with Crippen LogP contribution >= 0.6 is 0 Å². The predicted octanol–water partition coefficient (Wildman–Crippen LogP) is 2.31. The van der Waals surface area contributed by atoms with Crippen LogP contribution in [0.25, 0.3) is 0 Å². The molecule has 1 saturated carbocycles. The minimum Gasteiger partial charge on any atom is -0.370 e. The minimum absolute atomic E-state index is 0.0518. The highest BCUT2D eigenvalue weighted by Gasteiger charge is 2.44. The third kappa shape index (κ3) is 3.89. The van der Waals surface area contributed by atoms with E-state index in [4.69, 9.17) is 5.73 Å². The molecular weight excluding hydrogens is 305 g/mol. The molecule has 0 unspecified atom stereocenters. The summed E-state index contributed by atoms with van der Waals surface area (Å²) in [6.45, 7) is 3.34. The number of alkyl halides is 2. The summed E-state index contributed by atoms with van der Waals surface area (Å²) in [7, 11) is 0. The fraction of sp³-hybridized carbons (Fsp3) is 0.562. The molecule has 0 radical (unpaired) electrons. The number of guanidine groups is 1. The first kappa shape index (κ1) is 16.0. The van der Waals surface area contributed by atoms with E-state index in [0.29, 0.717) is 25.6 Å². The van der Waals surface area contributed by atoms with Gasteiger partial charge >= 0.3 is 0 Å². The normalized spacial score (nSPS) is 22.1. The highest BCUT2D eigenvalue weighted by Crippen LogP contribution is 2.42. The van der Waals surface area contributed by atoms with E-state index in [1.54, 1.807) is 12.1 Å². The average Bonchev–Trinajstić information content (AvgIpc) is 2.51. The van der Waals surface area contributed by atoms with Gasteiger partial charge in [-0.25, -0.2) is 13.2 Å². The highest BCUT2D eigenvalue weighted by molar-refractivity contribution is 5.78. The maximum Gasteiger partial charge on any atom is 0.248 e. The van der Waals surface area contributed by atoms with E-state index in [2.05, 4.69) is 9.89 Å². The molecule has 3 rings (SSSR count). The van der Waals surface area contributed by atoms with E-state index < -0.39 is 5.92 Å². The third-order valence-corrected chi connectivity index (χ3v) is 4.48. The molecule has 0 amide bonds. The number of benzene rings is 1. The van der Waals surface area contributed by atoms with E-state index in [1.807, 2.05) is 4.90 Å². The fourth-order valence-electron chi connectivity index (χ4n) is 3.08. The van der Waals surface area contributed by atoms with Gasteiger partial charge in [-0.15, -0.1) is 0 Å². The van der Waals surface area contributed by atoms with Crippen molar-refractivity contribution < 1.29 is 13.2 Å². The molecule has 1 aliphatic heterocycles. The number of hydrogen-bond donors (Lipinski definition) is 1. The lowest BCUT2D eigenvalue weighted by Gasteiger charge is -2.37. The summed E-state index contributed by atoms with van der Waals surface area (Å²) >= 11 is 0. The first-order valence-corrected chi connectivity index (χ1v) is 7.86. The Bertz CT molecular complexity index is 557. The number of halogens is 3. The molecule has 23 heavy (non-hydrogen) atoms. The van der Waals surface area contributed by atoms with Crippen molar-refractivity contribution >= 4 is 11.6 Å². The summed E-state index contributed by atoms with van der Waals surface area (Å²) < 4.78 is 38.5. The largest absolute Gasteiger partial charge is 0.370 e. The van der Waals surface area contributed by atoms with Gasteiger partial charge in [-0.05, 0) is 30.2 Å². The average molecular weight is 326 g/mol. The Kier molecular flexibility index (Phi) is 4.37. The van der Waals surface area contributed by atoms with Crippen LogP contribution in [0.2, 0.25) is 0 Å². The van der Waals surface area contributed by atoms with Crippen LogP contribution in [0.1, 0.15) is 12.8 Å². The molecule has 2 fully saturated rings. The molecule has 0 aromatic heterocycles. The first-order valence-electron chi connectivity index (χ1n) is 7.86. The molecule has 7 heteroatoms. The van der Waals surface area contributed by atoms with Crippen LogP contribution in [0.15, 0.2) is 29.3 Å². The number of hydrogen-bond acceptors (Lipinski definition) is 2. The molecule has 0 spiro atoms. The predicted molar refractivity (Wildman–Crippen MR) is 84.3 cm³/mol. The molecule has 1 aromatic carbocycles. The van der Waals surface area contributed by atoms with E-state index in [1.165, 1.54) is 12.1 Å². The summed E-state index contributed by atoms with van der Waals surface area (Å²) in [5.41, 5.74) is 6.95. The second-order valence-electron chi connectivity index (χ2n) is 6.28. The Morgan fingerprint density at radius 2 is 1.74 bits per heavy atom. The van der Waals surface area contributed by atoms with Gasteiger partial charge in [0.05, 0.1) is 0 Å². The zero-order valence-electron chi connectivity index (χ0n) is 12.9. The van der Waals surface area contributed by atoms with Gasteiger partial charge in [-0.2, -0.15) is 0 Å². The minimum atomic E-state index is -2.50. The summed E-state index contributed by atoms with van der Waals surface area (Å²) in [4.78, 5) is 8.40. The first-order chi connectivity index (χ1) is 10.9. The van der Waals surface area contributed by atoms with E-state index in [-0.39, 0.29) is 24.6 Å². The molecule has 1 heterocycles. The zero-order chi connectivity index (χ0) is 16.4. The van der Waals surface area contributed by atoms with Crippen molar-refractivity contribution in [3.8, 4) is 0 Å². The van der Waals surface area contributed by atoms with Crippen LogP contribution in [-0.4, -0.2) is 49.5 Å². The van der Waals surface area contributed by atoms with Crippen LogP contribution < -0.4 is 10.6 Å². The van der Waals surface area contributed by atoms with Crippen molar-refractivity contribution in [2.75, 3.05) is 37.6 Å². The number of aliphatic imine (C=N–C) groups is 1. The molecular formula is C16H21F3N4. The zero-order valence-corrected chi connectivity index (χ0v) is 12.9. The number of anilines is 1. The van der Waals surface area contributed by atoms with E-state index >= 15 is 0 Å². The van der Waals surface area contributed by atoms with Crippen molar-refractivity contribution in [1.82, 2.24) is 4.90 Å². The van der Waals surface area contributed by atoms with Crippen LogP contribution in [-0.2, 0) is 0 Å². The molecule has 1 saturated heterocycles. The van der Waals surface area contributed by atoms with Crippen molar-refractivity contribution in [2.24, 2.45) is 16.6 Å². The van der Waals surface area contributed by atoms with Crippen LogP contribution in [0.3, 0.4) is 0 Å². The molecule has 2 N–H and O–H groups in total. The SMILES string of the molecule is NC(=NCC1CC(F)(F)C1)N1CCN(c2ccc(F)cc2)CC1.